The molecule has 0 aromatic rings. The van der Waals surface area contributed by atoms with Gasteiger partial charge in [-0.05, 0) is 57.8 Å². The smallest absolute Gasteiger partial charge is 0.335 e. The molecule has 67 heavy (non-hydrogen) atoms. The van der Waals surface area contributed by atoms with Crippen molar-refractivity contribution < 1.29 is 58.2 Å². The SMILES string of the molecule is CC/C=C\C/C=C\C/C=C\C/C=C\CCCCCCCCC(=O)OC1C(OCC(COC(=O)CCCCCCCCCCC)OC(=O)CCCCCCCCCCC)OC(C(=O)O)C(O)C1O. The number of carboxylic acids is 1. The van der Waals surface area contributed by atoms with E-state index in [4.69, 9.17) is 23.7 Å². The standard InChI is InChI=1S/C55H94O12/c1-4-7-10-13-16-19-20-21-22-23-24-25-26-27-28-31-34-37-40-43-49(58)66-53-51(60)50(59)52(54(61)62)67-55(53)64-45-46(65-48(57)42-39-36-33-30-18-15-12-9-6-3)44-63-47(56)41-38-35-32-29-17-14-11-8-5-2/h7,10,16,19,21-22,24-25,46,50-53,55,59-60H,4-6,8-9,11-15,17-18,20,23,26-45H2,1-3H3,(H,61,62)/b10-7-,19-16-,22-21-,25-24-. The highest BCUT2D eigenvalue weighted by Gasteiger charge is 2.50. The van der Waals surface area contributed by atoms with Gasteiger partial charge in [0.1, 0.15) is 18.8 Å². The lowest BCUT2D eigenvalue weighted by atomic mass is 9.98. The fraction of sp³-hybridized carbons (Fsp3) is 0.782. The van der Waals surface area contributed by atoms with Crippen LogP contribution < -0.4 is 0 Å². The number of aliphatic hydroxyl groups is 2. The van der Waals surface area contributed by atoms with Crippen molar-refractivity contribution in [3.63, 3.8) is 0 Å². The van der Waals surface area contributed by atoms with Crippen LogP contribution in [0, 0.1) is 0 Å². The van der Waals surface area contributed by atoms with Gasteiger partial charge in [0.25, 0.3) is 0 Å². The number of hydrogen-bond donors (Lipinski definition) is 3. The third-order valence-corrected chi connectivity index (χ3v) is 11.9. The summed E-state index contributed by atoms with van der Waals surface area (Å²) < 4.78 is 28.2. The van der Waals surface area contributed by atoms with Gasteiger partial charge >= 0.3 is 23.9 Å². The van der Waals surface area contributed by atoms with Gasteiger partial charge in [-0.25, -0.2) is 4.79 Å². The van der Waals surface area contributed by atoms with Gasteiger partial charge in [0.05, 0.1) is 6.61 Å². The second kappa shape index (κ2) is 43.9. The summed E-state index contributed by atoms with van der Waals surface area (Å²) in [5.41, 5.74) is 0. The maximum absolute atomic E-state index is 13.0. The number of unbranched alkanes of at least 4 members (excludes halogenated alkanes) is 22. The first kappa shape index (κ1) is 61.7. The molecule has 12 heteroatoms. The molecule has 0 bridgehead atoms. The Balaban J connectivity index is 2.67. The molecule has 0 radical (unpaired) electrons. The van der Waals surface area contributed by atoms with Gasteiger partial charge in [0.2, 0.25) is 0 Å². The van der Waals surface area contributed by atoms with Crippen LogP contribution in [0.1, 0.15) is 226 Å². The zero-order chi connectivity index (χ0) is 49.0. The zero-order valence-corrected chi connectivity index (χ0v) is 42.1. The molecule has 386 valence electrons. The quantitative estimate of drug-likeness (QED) is 0.0228. The van der Waals surface area contributed by atoms with Crippen LogP contribution in [0.3, 0.4) is 0 Å². The van der Waals surface area contributed by atoms with Crippen molar-refractivity contribution in [2.24, 2.45) is 0 Å². The number of rotatable bonds is 44. The van der Waals surface area contributed by atoms with Crippen molar-refractivity contribution in [3.8, 4) is 0 Å². The van der Waals surface area contributed by atoms with E-state index in [1.165, 1.54) is 64.2 Å². The normalized spacial score (nSPS) is 19.2. The molecule has 1 fully saturated rings. The molecule has 0 amide bonds. The highest BCUT2D eigenvalue weighted by molar-refractivity contribution is 5.74. The number of aliphatic carboxylic acids is 1. The van der Waals surface area contributed by atoms with Gasteiger partial charge in [-0.1, -0.05) is 198 Å². The largest absolute Gasteiger partial charge is 0.479 e. The summed E-state index contributed by atoms with van der Waals surface area (Å²) in [4.78, 5) is 50.7. The van der Waals surface area contributed by atoms with Crippen LogP contribution >= 0.6 is 0 Å². The lowest BCUT2D eigenvalue weighted by molar-refractivity contribution is -0.301. The van der Waals surface area contributed by atoms with Crippen molar-refractivity contribution in [3.05, 3.63) is 48.6 Å². The molecule has 0 saturated carbocycles. The van der Waals surface area contributed by atoms with E-state index < -0.39 is 67.3 Å². The molecule has 1 aliphatic heterocycles. The molecule has 0 aromatic carbocycles. The summed E-state index contributed by atoms with van der Waals surface area (Å²) in [7, 11) is 0. The average Bonchev–Trinajstić information content (AvgIpc) is 3.31. The molecule has 6 unspecified atom stereocenters. The number of ether oxygens (including phenoxy) is 5. The molecule has 0 spiro atoms. The van der Waals surface area contributed by atoms with E-state index in [1.54, 1.807) is 0 Å². The first-order valence-electron chi connectivity index (χ1n) is 26.6. The van der Waals surface area contributed by atoms with Gasteiger partial charge in [-0.3, -0.25) is 14.4 Å². The van der Waals surface area contributed by atoms with Gasteiger partial charge in [0.15, 0.2) is 24.6 Å². The predicted octanol–water partition coefficient (Wildman–Crippen LogP) is 12.7. The molecule has 0 aliphatic carbocycles. The molecule has 1 rings (SSSR count). The van der Waals surface area contributed by atoms with Gasteiger partial charge in [-0.2, -0.15) is 0 Å². The molecular weight excluding hydrogens is 853 g/mol. The summed E-state index contributed by atoms with van der Waals surface area (Å²) in [6, 6.07) is 0. The predicted molar refractivity (Wildman–Crippen MR) is 266 cm³/mol. The van der Waals surface area contributed by atoms with Crippen molar-refractivity contribution in [1.82, 2.24) is 0 Å². The van der Waals surface area contributed by atoms with E-state index in [0.717, 1.165) is 103 Å². The van der Waals surface area contributed by atoms with Crippen LogP contribution in [0.2, 0.25) is 0 Å². The van der Waals surface area contributed by atoms with E-state index in [1.807, 2.05) is 0 Å². The Kier molecular flexibility index (Phi) is 40.4. The zero-order valence-electron chi connectivity index (χ0n) is 42.1. The Morgan fingerprint density at radius 2 is 0.940 bits per heavy atom. The minimum atomic E-state index is -1.90. The van der Waals surface area contributed by atoms with Crippen LogP contribution in [-0.4, -0.2) is 89.2 Å². The molecule has 1 heterocycles. The van der Waals surface area contributed by atoms with Crippen LogP contribution in [0.5, 0.6) is 0 Å². The topological polar surface area (TPSA) is 175 Å². The number of hydrogen-bond acceptors (Lipinski definition) is 11. The Hall–Kier alpha value is -3.32. The van der Waals surface area contributed by atoms with Crippen molar-refractivity contribution in [2.75, 3.05) is 13.2 Å². The van der Waals surface area contributed by atoms with Crippen molar-refractivity contribution in [2.45, 2.75) is 263 Å². The van der Waals surface area contributed by atoms with Gasteiger partial charge in [0, 0.05) is 19.3 Å². The number of carbonyl (C=O) groups excluding carboxylic acids is 3. The summed E-state index contributed by atoms with van der Waals surface area (Å²) >= 11 is 0. The molecule has 6 atom stereocenters. The van der Waals surface area contributed by atoms with E-state index in [9.17, 15) is 34.5 Å². The molecule has 1 aliphatic rings. The molecule has 3 N–H and O–H groups in total. The molecule has 12 nitrogen and oxygen atoms in total. The molecule has 0 aromatic heterocycles. The summed E-state index contributed by atoms with van der Waals surface area (Å²) in [6.45, 7) is 5.81. The average molecular weight is 947 g/mol. The maximum Gasteiger partial charge on any atom is 0.335 e. The van der Waals surface area contributed by atoms with Crippen LogP contribution in [0.25, 0.3) is 0 Å². The molecule has 1 saturated heterocycles. The summed E-state index contributed by atoms with van der Waals surface area (Å²) in [6.07, 6.45) is 38.3. The van der Waals surface area contributed by atoms with E-state index in [2.05, 4.69) is 69.4 Å². The third kappa shape index (κ3) is 34.6. The monoisotopic (exact) mass is 947 g/mol. The van der Waals surface area contributed by atoms with Crippen LogP contribution in [0.15, 0.2) is 48.6 Å². The number of carboxylic acid groups (broad SMARTS) is 1. The lowest BCUT2D eigenvalue weighted by Crippen LogP contribution is -2.61. The van der Waals surface area contributed by atoms with Gasteiger partial charge < -0.3 is 39.0 Å². The third-order valence-electron chi connectivity index (χ3n) is 11.9. The second-order valence-electron chi connectivity index (χ2n) is 18.1. The summed E-state index contributed by atoms with van der Waals surface area (Å²) in [5, 5.41) is 31.3. The van der Waals surface area contributed by atoms with E-state index >= 15 is 0 Å². The number of esters is 3. The Morgan fingerprint density at radius 1 is 0.507 bits per heavy atom. The highest BCUT2D eigenvalue weighted by atomic mass is 16.7. The van der Waals surface area contributed by atoms with Crippen molar-refractivity contribution >= 4 is 23.9 Å². The first-order valence-corrected chi connectivity index (χ1v) is 26.6. The number of carbonyl (C=O) groups is 4. The highest BCUT2D eigenvalue weighted by Crippen LogP contribution is 2.26. The second-order valence-corrected chi connectivity index (χ2v) is 18.1. The minimum absolute atomic E-state index is 0.0460. The Labute approximate surface area is 405 Å². The van der Waals surface area contributed by atoms with Crippen molar-refractivity contribution in [1.29, 1.82) is 0 Å². The maximum atomic E-state index is 13.0. The van der Waals surface area contributed by atoms with E-state index in [0.29, 0.717) is 19.3 Å². The van der Waals surface area contributed by atoms with Crippen LogP contribution in [-0.2, 0) is 42.9 Å². The number of allylic oxidation sites excluding steroid dienone is 8. The molecular formula is C55H94O12. The Morgan fingerprint density at radius 3 is 1.43 bits per heavy atom. The first-order chi connectivity index (χ1) is 32.6. The van der Waals surface area contributed by atoms with E-state index in [-0.39, 0.29) is 25.9 Å². The van der Waals surface area contributed by atoms with Gasteiger partial charge in [-0.15, -0.1) is 0 Å². The summed E-state index contributed by atoms with van der Waals surface area (Å²) in [5.74, 6) is -3.13. The minimum Gasteiger partial charge on any atom is -0.479 e. The van der Waals surface area contributed by atoms with Crippen LogP contribution in [0.4, 0.5) is 0 Å². The fourth-order valence-electron chi connectivity index (χ4n) is 7.83. The fourth-order valence-corrected chi connectivity index (χ4v) is 7.83. The lowest BCUT2D eigenvalue weighted by Gasteiger charge is -2.40. The number of aliphatic hydroxyl groups excluding tert-OH is 2. The Bertz CT molecular complexity index is 1360.